The molecular formula is C21H28N2O2S. The number of ether oxygens (including phenoxy) is 2. The van der Waals surface area contributed by atoms with Gasteiger partial charge in [-0.1, -0.05) is 19.3 Å². The van der Waals surface area contributed by atoms with Gasteiger partial charge in [0.15, 0.2) is 11.5 Å². The van der Waals surface area contributed by atoms with Crippen LogP contribution in [0.3, 0.4) is 0 Å². The summed E-state index contributed by atoms with van der Waals surface area (Å²) in [7, 11) is 3.33. The number of hydrogen-bond donors (Lipinski definition) is 0. The highest BCUT2D eigenvalue weighted by Crippen LogP contribution is 2.37. The quantitative estimate of drug-likeness (QED) is 0.752. The monoisotopic (exact) mass is 372 g/mol. The number of likely N-dealkylation sites (tertiary alicyclic amines) is 1. The summed E-state index contributed by atoms with van der Waals surface area (Å²) in [6, 6.07) is 6.01. The molecule has 5 heteroatoms. The van der Waals surface area contributed by atoms with E-state index in [1.54, 1.807) is 25.6 Å². The Morgan fingerprint density at radius 1 is 1.08 bits per heavy atom. The fraction of sp³-hybridized carbons (Fsp3) is 0.571. The second kappa shape index (κ2) is 7.97. The van der Waals surface area contributed by atoms with E-state index in [1.807, 2.05) is 12.1 Å². The lowest BCUT2D eigenvalue weighted by molar-refractivity contribution is 0.0814. The molecule has 4 nitrogen and oxygen atoms in total. The summed E-state index contributed by atoms with van der Waals surface area (Å²) in [5.74, 6) is 3.41. The first-order chi connectivity index (χ1) is 12.8. The lowest BCUT2D eigenvalue weighted by Crippen LogP contribution is -2.41. The van der Waals surface area contributed by atoms with Crippen LogP contribution in [-0.2, 0) is 6.54 Å². The average molecular weight is 373 g/mol. The van der Waals surface area contributed by atoms with Crippen LogP contribution in [0, 0.1) is 11.8 Å². The van der Waals surface area contributed by atoms with Crippen LogP contribution in [0.5, 0.6) is 11.5 Å². The van der Waals surface area contributed by atoms with Gasteiger partial charge in [0.05, 0.1) is 19.9 Å². The van der Waals surface area contributed by atoms with Crippen LogP contribution in [-0.4, -0.2) is 37.2 Å². The Hall–Kier alpha value is -1.59. The number of thiazole rings is 1. The Morgan fingerprint density at radius 3 is 2.69 bits per heavy atom. The molecule has 0 amide bonds. The second-order valence-corrected chi connectivity index (χ2v) is 8.40. The fourth-order valence-electron chi connectivity index (χ4n) is 4.53. The van der Waals surface area contributed by atoms with Gasteiger partial charge in [-0.15, -0.1) is 11.3 Å². The molecule has 1 saturated carbocycles. The van der Waals surface area contributed by atoms with Crippen molar-refractivity contribution in [2.24, 2.45) is 11.8 Å². The minimum Gasteiger partial charge on any atom is -0.493 e. The zero-order chi connectivity index (χ0) is 17.9. The molecule has 26 heavy (non-hydrogen) atoms. The molecule has 2 heterocycles. The first-order valence-electron chi connectivity index (χ1n) is 9.66. The number of fused-ring (bicyclic) bond motifs is 1. The van der Waals surface area contributed by atoms with Crippen LogP contribution in [0.4, 0.5) is 0 Å². The molecule has 1 aliphatic heterocycles. The smallest absolute Gasteiger partial charge is 0.161 e. The third kappa shape index (κ3) is 3.74. The van der Waals surface area contributed by atoms with Gasteiger partial charge in [-0.3, -0.25) is 4.90 Å². The number of hydrogen-bond acceptors (Lipinski definition) is 5. The van der Waals surface area contributed by atoms with Crippen LogP contribution in [0.1, 0.15) is 37.8 Å². The number of benzene rings is 1. The lowest BCUT2D eigenvalue weighted by atomic mass is 9.75. The van der Waals surface area contributed by atoms with Crippen LogP contribution in [0.2, 0.25) is 0 Å². The number of rotatable bonds is 5. The van der Waals surface area contributed by atoms with Crippen molar-refractivity contribution in [2.45, 2.75) is 38.6 Å². The van der Waals surface area contributed by atoms with Gasteiger partial charge < -0.3 is 9.47 Å². The maximum atomic E-state index is 5.42. The van der Waals surface area contributed by atoms with Crippen molar-refractivity contribution in [3.63, 3.8) is 0 Å². The molecule has 0 spiro atoms. The van der Waals surface area contributed by atoms with Crippen molar-refractivity contribution < 1.29 is 9.47 Å². The average Bonchev–Trinajstić information content (AvgIpc) is 3.15. The summed E-state index contributed by atoms with van der Waals surface area (Å²) in [5, 5.41) is 3.26. The van der Waals surface area contributed by atoms with E-state index < -0.39 is 0 Å². The van der Waals surface area contributed by atoms with E-state index in [4.69, 9.17) is 14.5 Å². The summed E-state index contributed by atoms with van der Waals surface area (Å²) < 4.78 is 10.7. The van der Waals surface area contributed by atoms with Crippen molar-refractivity contribution in [2.75, 3.05) is 27.3 Å². The summed E-state index contributed by atoms with van der Waals surface area (Å²) in [6.07, 6.45) is 7.13. The van der Waals surface area contributed by atoms with Gasteiger partial charge in [0.25, 0.3) is 0 Å². The van der Waals surface area contributed by atoms with E-state index >= 15 is 0 Å². The van der Waals surface area contributed by atoms with Gasteiger partial charge in [-0.2, -0.15) is 0 Å². The topological polar surface area (TPSA) is 34.6 Å². The second-order valence-electron chi connectivity index (χ2n) is 7.54. The minimum absolute atomic E-state index is 0.751. The summed E-state index contributed by atoms with van der Waals surface area (Å²) in [6.45, 7) is 3.46. The standard InChI is InChI=1S/C21H28N2O2S/c1-24-19-8-7-16(11-20(19)25-2)21-22-18(14-26-21)13-23-10-9-15-5-3-4-6-17(15)12-23/h7-8,11,14-15,17H,3-6,9-10,12-13H2,1-2H3/t15-,17+/m0/s1. The van der Waals surface area contributed by atoms with Gasteiger partial charge in [0, 0.05) is 24.0 Å². The predicted molar refractivity (Wildman–Crippen MR) is 106 cm³/mol. The highest BCUT2D eigenvalue weighted by molar-refractivity contribution is 7.13. The Morgan fingerprint density at radius 2 is 1.88 bits per heavy atom. The molecule has 1 saturated heterocycles. The molecule has 1 aromatic heterocycles. The summed E-state index contributed by atoms with van der Waals surface area (Å²) in [5.41, 5.74) is 2.28. The van der Waals surface area contributed by atoms with Gasteiger partial charge in [-0.05, 0) is 49.4 Å². The van der Waals surface area contributed by atoms with E-state index in [9.17, 15) is 0 Å². The molecule has 2 aliphatic rings. The lowest BCUT2D eigenvalue weighted by Gasteiger charge is -2.41. The number of aromatic nitrogens is 1. The Bertz CT molecular complexity index is 745. The highest BCUT2D eigenvalue weighted by Gasteiger charge is 2.31. The zero-order valence-corrected chi connectivity index (χ0v) is 16.6. The third-order valence-electron chi connectivity index (χ3n) is 5.94. The summed E-state index contributed by atoms with van der Waals surface area (Å²) in [4.78, 5) is 7.50. The van der Waals surface area contributed by atoms with Crippen LogP contribution in [0.25, 0.3) is 10.6 Å². The fourth-order valence-corrected chi connectivity index (χ4v) is 5.34. The molecule has 2 aromatic rings. The largest absolute Gasteiger partial charge is 0.493 e. The molecule has 0 unspecified atom stereocenters. The third-order valence-corrected chi connectivity index (χ3v) is 6.88. The SMILES string of the molecule is COc1ccc(-c2nc(CN3CC[C@@H]4CCCC[C@@H]4C3)cs2)cc1OC. The summed E-state index contributed by atoms with van der Waals surface area (Å²) >= 11 is 1.71. The number of nitrogens with zero attached hydrogens (tertiary/aromatic N) is 2. The molecule has 1 aromatic carbocycles. The Labute approximate surface area is 160 Å². The maximum absolute atomic E-state index is 5.42. The molecule has 0 radical (unpaired) electrons. The Balaban J connectivity index is 1.43. The maximum Gasteiger partial charge on any atom is 0.161 e. The van der Waals surface area contributed by atoms with Crippen LogP contribution in [0.15, 0.2) is 23.6 Å². The molecular weight excluding hydrogens is 344 g/mol. The van der Waals surface area contributed by atoms with Crippen LogP contribution >= 0.6 is 11.3 Å². The van der Waals surface area contributed by atoms with Crippen molar-refractivity contribution in [1.29, 1.82) is 0 Å². The molecule has 4 rings (SSSR count). The Kier molecular flexibility index (Phi) is 5.46. The molecule has 140 valence electrons. The van der Waals surface area contributed by atoms with Gasteiger partial charge in [-0.25, -0.2) is 4.98 Å². The normalized spacial score (nSPS) is 23.5. The first-order valence-corrected chi connectivity index (χ1v) is 10.5. The van der Waals surface area contributed by atoms with E-state index in [2.05, 4.69) is 16.3 Å². The molecule has 0 bridgehead atoms. The first kappa shape index (κ1) is 17.8. The van der Waals surface area contributed by atoms with E-state index in [0.29, 0.717) is 0 Å². The zero-order valence-electron chi connectivity index (χ0n) is 15.7. The minimum atomic E-state index is 0.751. The van der Waals surface area contributed by atoms with Gasteiger partial charge >= 0.3 is 0 Å². The van der Waals surface area contributed by atoms with Gasteiger partial charge in [0.1, 0.15) is 5.01 Å². The van der Waals surface area contributed by atoms with Crippen molar-refractivity contribution >= 4 is 11.3 Å². The molecule has 1 aliphatic carbocycles. The van der Waals surface area contributed by atoms with E-state index in [1.165, 1.54) is 50.9 Å². The van der Waals surface area contributed by atoms with Crippen molar-refractivity contribution in [3.05, 3.63) is 29.3 Å². The number of piperidine rings is 1. The molecule has 0 N–H and O–H groups in total. The predicted octanol–water partition coefficient (Wildman–Crippen LogP) is 4.84. The van der Waals surface area contributed by atoms with Crippen molar-refractivity contribution in [1.82, 2.24) is 9.88 Å². The highest BCUT2D eigenvalue weighted by atomic mass is 32.1. The number of methoxy groups -OCH3 is 2. The van der Waals surface area contributed by atoms with Crippen molar-refractivity contribution in [3.8, 4) is 22.1 Å². The molecule has 2 atom stereocenters. The van der Waals surface area contributed by atoms with Gasteiger partial charge in [0.2, 0.25) is 0 Å². The molecule has 2 fully saturated rings. The van der Waals surface area contributed by atoms with E-state index in [0.717, 1.165) is 40.5 Å². The van der Waals surface area contributed by atoms with E-state index in [-0.39, 0.29) is 0 Å². The van der Waals surface area contributed by atoms with Crippen LogP contribution < -0.4 is 9.47 Å².